The molecular weight excluding hydrogens is 190 g/mol. The number of rotatable bonds is 2. The molecule has 1 aromatic heterocycles. The van der Waals surface area contributed by atoms with Gasteiger partial charge in [0.2, 0.25) is 5.91 Å². The van der Waals surface area contributed by atoms with Crippen molar-refractivity contribution in [1.82, 2.24) is 4.98 Å². The van der Waals surface area contributed by atoms with Crippen molar-refractivity contribution in [3.8, 4) is 6.07 Å². The SMILES string of the molecule is CC(=O)Nc1ccc(C=CC#N)c(C)n1. The van der Waals surface area contributed by atoms with E-state index in [1.807, 2.05) is 13.0 Å². The first-order valence-corrected chi connectivity index (χ1v) is 4.45. The van der Waals surface area contributed by atoms with Crippen LogP contribution in [0.5, 0.6) is 0 Å². The topological polar surface area (TPSA) is 65.8 Å². The lowest BCUT2D eigenvalue weighted by Crippen LogP contribution is -2.07. The minimum Gasteiger partial charge on any atom is -0.311 e. The number of carbonyl (C=O) groups is 1. The molecule has 4 nitrogen and oxygen atoms in total. The highest BCUT2D eigenvalue weighted by Crippen LogP contribution is 2.11. The van der Waals surface area contributed by atoms with Crippen LogP contribution in [0.1, 0.15) is 18.2 Å². The molecule has 0 unspecified atom stereocenters. The summed E-state index contributed by atoms with van der Waals surface area (Å²) in [7, 11) is 0. The molecule has 1 N–H and O–H groups in total. The van der Waals surface area contributed by atoms with Gasteiger partial charge >= 0.3 is 0 Å². The maximum Gasteiger partial charge on any atom is 0.222 e. The van der Waals surface area contributed by atoms with Gasteiger partial charge in [0.05, 0.1) is 6.07 Å². The molecule has 1 amide bonds. The number of aromatic nitrogens is 1. The Kier molecular flexibility index (Phi) is 3.58. The van der Waals surface area contributed by atoms with Crippen LogP contribution < -0.4 is 5.32 Å². The van der Waals surface area contributed by atoms with E-state index in [-0.39, 0.29) is 5.91 Å². The maximum absolute atomic E-state index is 10.8. The summed E-state index contributed by atoms with van der Waals surface area (Å²) in [5.41, 5.74) is 1.64. The number of amides is 1. The molecule has 0 aliphatic heterocycles. The average molecular weight is 201 g/mol. The first kappa shape index (κ1) is 10.9. The zero-order chi connectivity index (χ0) is 11.3. The van der Waals surface area contributed by atoms with Gasteiger partial charge in [0, 0.05) is 18.7 Å². The number of carbonyl (C=O) groups excluding carboxylic acids is 1. The zero-order valence-corrected chi connectivity index (χ0v) is 8.61. The molecule has 1 heterocycles. The van der Waals surface area contributed by atoms with Gasteiger partial charge in [-0.3, -0.25) is 4.79 Å². The quantitative estimate of drug-likeness (QED) is 0.743. The van der Waals surface area contributed by atoms with Crippen LogP contribution >= 0.6 is 0 Å². The summed E-state index contributed by atoms with van der Waals surface area (Å²) in [5.74, 6) is 0.372. The van der Waals surface area contributed by atoms with Crippen LogP contribution in [0.25, 0.3) is 6.08 Å². The molecule has 0 aliphatic rings. The van der Waals surface area contributed by atoms with Crippen LogP contribution in [0.15, 0.2) is 18.2 Å². The molecule has 1 rings (SSSR count). The lowest BCUT2D eigenvalue weighted by Gasteiger charge is -2.04. The summed E-state index contributed by atoms with van der Waals surface area (Å²) in [6.45, 7) is 3.25. The highest BCUT2D eigenvalue weighted by molar-refractivity contribution is 5.87. The predicted molar refractivity (Wildman–Crippen MR) is 57.9 cm³/mol. The number of nitriles is 1. The number of nitrogens with zero attached hydrogens (tertiary/aromatic N) is 2. The molecule has 0 saturated carbocycles. The molecule has 76 valence electrons. The van der Waals surface area contributed by atoms with E-state index < -0.39 is 0 Å². The first-order valence-electron chi connectivity index (χ1n) is 4.45. The van der Waals surface area contributed by atoms with Gasteiger partial charge in [-0.15, -0.1) is 0 Å². The van der Waals surface area contributed by atoms with Crippen molar-refractivity contribution >= 4 is 17.8 Å². The van der Waals surface area contributed by atoms with Crippen molar-refractivity contribution in [2.75, 3.05) is 5.32 Å². The number of hydrogen-bond donors (Lipinski definition) is 1. The first-order chi connectivity index (χ1) is 7.13. The van der Waals surface area contributed by atoms with Crippen molar-refractivity contribution < 1.29 is 4.79 Å². The summed E-state index contributed by atoms with van der Waals surface area (Å²) < 4.78 is 0. The lowest BCUT2D eigenvalue weighted by atomic mass is 10.2. The summed E-state index contributed by atoms with van der Waals surface area (Å²) in [5, 5.41) is 11.0. The van der Waals surface area contributed by atoms with Gasteiger partial charge in [-0.25, -0.2) is 4.98 Å². The van der Waals surface area contributed by atoms with E-state index in [0.717, 1.165) is 11.3 Å². The third-order valence-corrected chi connectivity index (χ3v) is 1.77. The Hall–Kier alpha value is -2.15. The summed E-state index contributed by atoms with van der Waals surface area (Å²) in [4.78, 5) is 14.9. The minimum absolute atomic E-state index is 0.151. The van der Waals surface area contributed by atoms with Crippen molar-refractivity contribution in [2.45, 2.75) is 13.8 Å². The van der Waals surface area contributed by atoms with Gasteiger partial charge < -0.3 is 5.32 Å². The minimum atomic E-state index is -0.151. The molecule has 0 atom stereocenters. The van der Waals surface area contributed by atoms with E-state index in [0.29, 0.717) is 5.82 Å². The molecule has 15 heavy (non-hydrogen) atoms. The molecule has 1 aromatic rings. The number of anilines is 1. The lowest BCUT2D eigenvalue weighted by molar-refractivity contribution is -0.114. The summed E-state index contributed by atoms with van der Waals surface area (Å²) >= 11 is 0. The third kappa shape index (κ3) is 3.24. The second-order valence-corrected chi connectivity index (χ2v) is 3.01. The van der Waals surface area contributed by atoms with Crippen LogP contribution in [0, 0.1) is 18.3 Å². The van der Waals surface area contributed by atoms with E-state index in [1.165, 1.54) is 13.0 Å². The highest BCUT2D eigenvalue weighted by Gasteiger charge is 2.00. The van der Waals surface area contributed by atoms with Gasteiger partial charge in [0.15, 0.2) is 0 Å². The Morgan fingerprint density at radius 2 is 2.33 bits per heavy atom. The standard InChI is InChI=1S/C11H11N3O/c1-8-10(4-3-7-12)5-6-11(13-8)14-9(2)15/h3-6H,1-2H3,(H,13,14,15). The predicted octanol–water partition coefficient (Wildman–Crippen LogP) is 1.89. The smallest absolute Gasteiger partial charge is 0.222 e. The fourth-order valence-electron chi connectivity index (χ4n) is 1.12. The zero-order valence-electron chi connectivity index (χ0n) is 8.61. The third-order valence-electron chi connectivity index (χ3n) is 1.77. The Labute approximate surface area is 88.3 Å². The number of nitrogens with one attached hydrogen (secondary N) is 1. The van der Waals surface area contributed by atoms with Crippen LogP contribution in [0.3, 0.4) is 0 Å². The normalized spacial score (nSPS) is 9.93. The largest absolute Gasteiger partial charge is 0.311 e. The van der Waals surface area contributed by atoms with Crippen LogP contribution in [-0.4, -0.2) is 10.9 Å². The fraction of sp³-hybridized carbons (Fsp3) is 0.182. The van der Waals surface area contributed by atoms with Crippen molar-refractivity contribution in [3.63, 3.8) is 0 Å². The van der Waals surface area contributed by atoms with Gasteiger partial charge in [0.25, 0.3) is 0 Å². The van der Waals surface area contributed by atoms with Gasteiger partial charge in [-0.05, 0) is 30.7 Å². The molecule has 4 heteroatoms. The van der Waals surface area contributed by atoms with Crippen molar-refractivity contribution in [1.29, 1.82) is 5.26 Å². The molecule has 0 bridgehead atoms. The molecule has 0 spiro atoms. The number of allylic oxidation sites excluding steroid dienone is 1. The van der Waals surface area contributed by atoms with Gasteiger partial charge in [-0.1, -0.05) is 0 Å². The van der Waals surface area contributed by atoms with Gasteiger partial charge in [0.1, 0.15) is 5.82 Å². The van der Waals surface area contributed by atoms with Crippen molar-refractivity contribution in [2.24, 2.45) is 0 Å². The molecule has 0 fully saturated rings. The van der Waals surface area contributed by atoms with E-state index in [9.17, 15) is 4.79 Å². The molecule has 0 saturated heterocycles. The molecule has 0 radical (unpaired) electrons. The highest BCUT2D eigenvalue weighted by atomic mass is 16.1. The Morgan fingerprint density at radius 3 is 2.87 bits per heavy atom. The van der Waals surface area contributed by atoms with E-state index in [4.69, 9.17) is 5.26 Å². The fourth-order valence-corrected chi connectivity index (χ4v) is 1.12. The number of aryl methyl sites for hydroxylation is 1. The molecule has 0 aromatic carbocycles. The van der Waals surface area contributed by atoms with Crippen LogP contribution in [-0.2, 0) is 4.79 Å². The van der Waals surface area contributed by atoms with E-state index in [2.05, 4.69) is 10.3 Å². The Bertz CT molecular complexity index is 444. The maximum atomic E-state index is 10.8. The molecule has 0 aliphatic carbocycles. The Balaban J connectivity index is 2.94. The Morgan fingerprint density at radius 1 is 1.60 bits per heavy atom. The van der Waals surface area contributed by atoms with Crippen LogP contribution in [0.2, 0.25) is 0 Å². The summed E-state index contributed by atoms with van der Waals surface area (Å²) in [6.07, 6.45) is 3.07. The van der Waals surface area contributed by atoms with Crippen LogP contribution in [0.4, 0.5) is 5.82 Å². The summed E-state index contributed by atoms with van der Waals surface area (Å²) in [6, 6.07) is 5.42. The van der Waals surface area contributed by atoms with E-state index >= 15 is 0 Å². The average Bonchev–Trinajstić information content (AvgIpc) is 2.15. The number of hydrogen-bond acceptors (Lipinski definition) is 3. The second kappa shape index (κ2) is 4.91. The van der Waals surface area contributed by atoms with E-state index in [1.54, 1.807) is 18.2 Å². The van der Waals surface area contributed by atoms with Crippen molar-refractivity contribution in [3.05, 3.63) is 29.5 Å². The monoisotopic (exact) mass is 201 g/mol. The number of pyridine rings is 1. The second-order valence-electron chi connectivity index (χ2n) is 3.01. The molecular formula is C11H11N3O. The van der Waals surface area contributed by atoms with Gasteiger partial charge in [-0.2, -0.15) is 5.26 Å².